The van der Waals surface area contributed by atoms with Crippen molar-refractivity contribution in [3.05, 3.63) is 35.9 Å². The molecule has 5 heteroatoms. The Balaban J connectivity index is 1.41. The van der Waals surface area contributed by atoms with Crippen molar-refractivity contribution in [3.63, 3.8) is 0 Å². The van der Waals surface area contributed by atoms with Crippen molar-refractivity contribution in [1.82, 2.24) is 15.1 Å². The van der Waals surface area contributed by atoms with Crippen molar-refractivity contribution in [1.29, 1.82) is 0 Å². The van der Waals surface area contributed by atoms with Crippen LogP contribution in [0.15, 0.2) is 30.3 Å². The zero-order valence-electron chi connectivity index (χ0n) is 18.3. The molecule has 0 radical (unpaired) electrons. The highest BCUT2D eigenvalue weighted by Gasteiger charge is 2.41. The van der Waals surface area contributed by atoms with Gasteiger partial charge in [-0.3, -0.25) is 9.69 Å². The van der Waals surface area contributed by atoms with Gasteiger partial charge in [-0.05, 0) is 83.1 Å². The topological polar surface area (TPSA) is 55.8 Å². The summed E-state index contributed by atoms with van der Waals surface area (Å²) in [6.45, 7) is 4.47. The summed E-state index contributed by atoms with van der Waals surface area (Å²) >= 11 is 0. The SMILES string of the molecule is CN(C)CCCC[C@@H](NC1CCC2(CC1)CCN(Cc1ccccc1)C2)C(=O)O. The lowest BCUT2D eigenvalue weighted by Crippen LogP contribution is -2.46. The van der Waals surface area contributed by atoms with Gasteiger partial charge < -0.3 is 15.3 Å². The number of carboxylic acids is 1. The van der Waals surface area contributed by atoms with E-state index in [2.05, 4.69) is 59.5 Å². The molecule has 0 bridgehead atoms. The summed E-state index contributed by atoms with van der Waals surface area (Å²) in [5.41, 5.74) is 1.86. The molecule has 1 aromatic rings. The number of benzene rings is 1. The highest BCUT2D eigenvalue weighted by atomic mass is 16.4. The molecule has 29 heavy (non-hydrogen) atoms. The van der Waals surface area contributed by atoms with Crippen molar-refractivity contribution < 1.29 is 9.90 Å². The standard InChI is InChI=1S/C24H39N3O2/c1-26(2)16-7-6-10-22(23(28)29)25-21-11-13-24(14-12-21)15-17-27(19-24)18-20-8-4-3-5-9-20/h3-5,8-9,21-22,25H,6-7,10-19H2,1-2H3,(H,28,29)/t21?,22-,24?/m1/s1. The van der Waals surface area contributed by atoms with Crippen LogP contribution in [0.1, 0.15) is 56.9 Å². The molecule has 3 rings (SSSR count). The Morgan fingerprint density at radius 2 is 1.93 bits per heavy atom. The summed E-state index contributed by atoms with van der Waals surface area (Å²) in [5, 5.41) is 13.1. The van der Waals surface area contributed by atoms with Crippen LogP contribution < -0.4 is 5.32 Å². The average Bonchev–Trinajstić information content (AvgIpc) is 3.08. The smallest absolute Gasteiger partial charge is 0.320 e. The second-order valence-electron chi connectivity index (χ2n) is 9.58. The molecule has 1 aliphatic carbocycles. The number of hydrogen-bond acceptors (Lipinski definition) is 4. The number of carboxylic acid groups (broad SMARTS) is 1. The predicted octanol–water partition coefficient (Wildman–Crippen LogP) is 3.60. The zero-order valence-corrected chi connectivity index (χ0v) is 18.3. The molecule has 1 spiro atoms. The van der Waals surface area contributed by atoms with Gasteiger partial charge in [-0.15, -0.1) is 0 Å². The van der Waals surface area contributed by atoms with E-state index in [-0.39, 0.29) is 0 Å². The van der Waals surface area contributed by atoms with Crippen molar-refractivity contribution in [2.75, 3.05) is 33.7 Å². The number of carbonyl (C=O) groups is 1. The first kappa shape index (κ1) is 22.3. The van der Waals surface area contributed by atoms with Gasteiger partial charge in [0.05, 0.1) is 0 Å². The Hall–Kier alpha value is -1.43. The van der Waals surface area contributed by atoms with Gasteiger partial charge >= 0.3 is 5.97 Å². The van der Waals surface area contributed by atoms with Crippen LogP contribution in [0, 0.1) is 5.41 Å². The molecule has 0 aromatic heterocycles. The van der Waals surface area contributed by atoms with Gasteiger partial charge in [0.1, 0.15) is 6.04 Å². The van der Waals surface area contributed by atoms with E-state index in [0.29, 0.717) is 11.5 Å². The summed E-state index contributed by atoms with van der Waals surface area (Å²) in [5.74, 6) is -0.690. The van der Waals surface area contributed by atoms with Gasteiger partial charge in [0.2, 0.25) is 0 Å². The first-order chi connectivity index (χ1) is 14.0. The minimum atomic E-state index is -0.690. The fraction of sp³-hybridized carbons (Fsp3) is 0.708. The summed E-state index contributed by atoms with van der Waals surface area (Å²) in [6, 6.07) is 10.7. The van der Waals surface area contributed by atoms with Crippen molar-refractivity contribution in [2.24, 2.45) is 5.41 Å². The van der Waals surface area contributed by atoms with Crippen LogP contribution >= 0.6 is 0 Å². The normalized spacial score (nSPS) is 26.2. The lowest BCUT2D eigenvalue weighted by molar-refractivity contribution is -0.140. The van der Waals surface area contributed by atoms with Gasteiger partial charge in [-0.25, -0.2) is 0 Å². The Bertz CT molecular complexity index is 626. The Morgan fingerprint density at radius 3 is 2.59 bits per heavy atom. The molecule has 2 N–H and O–H groups in total. The molecule has 1 heterocycles. The molecule has 5 nitrogen and oxygen atoms in total. The summed E-state index contributed by atoms with van der Waals surface area (Å²) in [7, 11) is 4.13. The number of aliphatic carboxylic acids is 1. The zero-order chi connectivity index (χ0) is 20.7. The maximum absolute atomic E-state index is 11.7. The molecular formula is C24H39N3O2. The Morgan fingerprint density at radius 1 is 1.21 bits per heavy atom. The van der Waals surface area contributed by atoms with Gasteiger partial charge in [0.25, 0.3) is 0 Å². The van der Waals surface area contributed by atoms with Gasteiger partial charge in [-0.2, -0.15) is 0 Å². The van der Waals surface area contributed by atoms with E-state index in [1.165, 1.54) is 37.9 Å². The van der Waals surface area contributed by atoms with Crippen LogP contribution in [0.3, 0.4) is 0 Å². The molecule has 2 aliphatic rings. The van der Waals surface area contributed by atoms with Crippen molar-refractivity contribution >= 4 is 5.97 Å². The van der Waals surface area contributed by atoms with E-state index in [9.17, 15) is 9.90 Å². The fourth-order valence-electron chi connectivity index (χ4n) is 5.15. The summed E-state index contributed by atoms with van der Waals surface area (Å²) in [6.07, 6.45) is 8.72. The number of hydrogen-bond donors (Lipinski definition) is 2. The van der Waals surface area contributed by atoms with Crippen LogP contribution in [0.5, 0.6) is 0 Å². The molecule has 1 aromatic carbocycles. The Labute approximate surface area is 176 Å². The number of nitrogens with one attached hydrogen (secondary N) is 1. The van der Waals surface area contributed by atoms with E-state index in [4.69, 9.17) is 0 Å². The van der Waals surface area contributed by atoms with Gasteiger partial charge in [0, 0.05) is 19.1 Å². The van der Waals surface area contributed by atoms with E-state index >= 15 is 0 Å². The van der Waals surface area contributed by atoms with Crippen LogP contribution in [0.2, 0.25) is 0 Å². The van der Waals surface area contributed by atoms with Crippen LogP contribution in [0.25, 0.3) is 0 Å². The lowest BCUT2D eigenvalue weighted by Gasteiger charge is -2.38. The van der Waals surface area contributed by atoms with E-state index in [1.54, 1.807) is 0 Å². The van der Waals surface area contributed by atoms with Crippen LogP contribution in [-0.4, -0.2) is 66.7 Å². The number of nitrogens with zero attached hydrogens (tertiary/aromatic N) is 2. The third kappa shape index (κ3) is 6.80. The minimum absolute atomic E-state index is 0.360. The first-order valence-electron chi connectivity index (χ1n) is 11.4. The number of likely N-dealkylation sites (tertiary alicyclic amines) is 1. The molecule has 1 atom stereocenters. The van der Waals surface area contributed by atoms with E-state index in [0.717, 1.165) is 45.2 Å². The minimum Gasteiger partial charge on any atom is -0.480 e. The van der Waals surface area contributed by atoms with Gasteiger partial charge in [0.15, 0.2) is 0 Å². The summed E-state index contributed by atoms with van der Waals surface area (Å²) in [4.78, 5) is 16.5. The molecular weight excluding hydrogens is 362 g/mol. The second kappa shape index (κ2) is 10.6. The monoisotopic (exact) mass is 401 g/mol. The van der Waals surface area contributed by atoms with E-state index in [1.807, 2.05) is 0 Å². The quantitative estimate of drug-likeness (QED) is 0.587. The molecule has 0 amide bonds. The van der Waals surface area contributed by atoms with E-state index < -0.39 is 12.0 Å². The molecule has 1 aliphatic heterocycles. The first-order valence-corrected chi connectivity index (χ1v) is 11.4. The third-order valence-corrected chi connectivity index (χ3v) is 6.90. The van der Waals surface area contributed by atoms with Crippen LogP contribution in [-0.2, 0) is 11.3 Å². The largest absolute Gasteiger partial charge is 0.480 e. The summed E-state index contributed by atoms with van der Waals surface area (Å²) < 4.78 is 0. The molecule has 1 saturated carbocycles. The predicted molar refractivity (Wildman–Crippen MR) is 118 cm³/mol. The molecule has 2 fully saturated rings. The molecule has 0 unspecified atom stereocenters. The average molecular weight is 402 g/mol. The lowest BCUT2D eigenvalue weighted by atomic mass is 9.72. The van der Waals surface area contributed by atoms with Crippen molar-refractivity contribution in [3.8, 4) is 0 Å². The number of unbranched alkanes of at least 4 members (excludes halogenated alkanes) is 1. The fourth-order valence-corrected chi connectivity index (χ4v) is 5.15. The molecule has 1 saturated heterocycles. The van der Waals surface area contributed by atoms with Crippen molar-refractivity contribution in [2.45, 2.75) is 70.0 Å². The van der Waals surface area contributed by atoms with Gasteiger partial charge in [-0.1, -0.05) is 36.8 Å². The maximum atomic E-state index is 11.7. The number of rotatable bonds is 10. The maximum Gasteiger partial charge on any atom is 0.320 e. The second-order valence-corrected chi connectivity index (χ2v) is 9.58. The highest BCUT2D eigenvalue weighted by Crippen LogP contribution is 2.44. The highest BCUT2D eigenvalue weighted by molar-refractivity contribution is 5.73. The third-order valence-electron chi connectivity index (χ3n) is 6.90. The molecule has 162 valence electrons. The van der Waals surface area contributed by atoms with Crippen LogP contribution in [0.4, 0.5) is 0 Å². The Kier molecular flexibility index (Phi) is 8.10.